The predicted octanol–water partition coefficient (Wildman–Crippen LogP) is 4.90. The van der Waals surface area contributed by atoms with Crippen molar-refractivity contribution in [3.63, 3.8) is 0 Å². The summed E-state index contributed by atoms with van der Waals surface area (Å²) >= 11 is 0. The van der Waals surface area contributed by atoms with Crippen molar-refractivity contribution < 1.29 is 27.4 Å². The molecule has 0 amide bonds. The Morgan fingerprint density at radius 1 is 1.00 bits per heavy atom. The summed E-state index contributed by atoms with van der Waals surface area (Å²) in [6.45, 7) is 2.18. The number of benzene rings is 3. The van der Waals surface area contributed by atoms with E-state index < -0.39 is 16.0 Å². The molecule has 2 aliphatic heterocycles. The standard InChI is InChI=1S/C27H25NO6S/c1-3-4-9-18-10-5-7-12-21(18)28-26(27(29)32-2)25(19-14-15-22-23(16-19)34-17-33-22)20-11-6-8-13-24(20)35(28,30)31/h5-8,10-16H,3-4,9,17H2,1-2H3. The second-order valence-electron chi connectivity index (χ2n) is 8.28. The highest BCUT2D eigenvalue weighted by Gasteiger charge is 2.42. The van der Waals surface area contributed by atoms with E-state index in [-0.39, 0.29) is 17.4 Å². The number of nitrogens with zero attached hydrogens (tertiary/aromatic N) is 1. The molecule has 0 aliphatic carbocycles. The molecule has 180 valence electrons. The van der Waals surface area contributed by atoms with E-state index in [0.29, 0.717) is 40.3 Å². The molecule has 0 spiro atoms. The molecule has 8 heteroatoms. The summed E-state index contributed by atoms with van der Waals surface area (Å²) in [6, 6.07) is 19.3. The first-order chi connectivity index (χ1) is 17.0. The largest absolute Gasteiger partial charge is 0.464 e. The number of unbranched alkanes of at least 4 members (excludes halogenated alkanes) is 1. The fourth-order valence-corrected chi connectivity index (χ4v) is 6.25. The highest BCUT2D eigenvalue weighted by atomic mass is 32.2. The number of anilines is 1. The minimum Gasteiger partial charge on any atom is -0.464 e. The lowest BCUT2D eigenvalue weighted by atomic mass is 9.94. The van der Waals surface area contributed by atoms with Crippen LogP contribution in [0.25, 0.3) is 5.57 Å². The van der Waals surface area contributed by atoms with Crippen LogP contribution in [-0.4, -0.2) is 28.3 Å². The fraction of sp³-hybridized carbons (Fsp3) is 0.222. The Morgan fingerprint density at radius 3 is 2.54 bits per heavy atom. The van der Waals surface area contributed by atoms with Gasteiger partial charge in [0.2, 0.25) is 6.79 Å². The lowest BCUT2D eigenvalue weighted by molar-refractivity contribution is -0.136. The fourth-order valence-electron chi connectivity index (χ4n) is 4.51. The van der Waals surface area contributed by atoms with Crippen molar-refractivity contribution in [1.29, 1.82) is 0 Å². The first-order valence-electron chi connectivity index (χ1n) is 11.4. The van der Waals surface area contributed by atoms with Crippen LogP contribution in [0.3, 0.4) is 0 Å². The van der Waals surface area contributed by atoms with Crippen molar-refractivity contribution in [2.75, 3.05) is 18.2 Å². The van der Waals surface area contributed by atoms with Crippen molar-refractivity contribution >= 4 is 27.3 Å². The van der Waals surface area contributed by atoms with Gasteiger partial charge in [0.05, 0.1) is 17.7 Å². The number of carbonyl (C=O) groups excluding carboxylic acids is 1. The summed E-state index contributed by atoms with van der Waals surface area (Å²) in [4.78, 5) is 13.5. The molecule has 2 heterocycles. The molecule has 0 fully saturated rings. The van der Waals surface area contributed by atoms with Crippen LogP contribution in [0.5, 0.6) is 11.5 Å². The van der Waals surface area contributed by atoms with Crippen LogP contribution >= 0.6 is 0 Å². The summed E-state index contributed by atoms with van der Waals surface area (Å²) < 4.78 is 45.4. The van der Waals surface area contributed by atoms with Crippen LogP contribution in [0.1, 0.15) is 36.5 Å². The van der Waals surface area contributed by atoms with Crippen LogP contribution in [0.2, 0.25) is 0 Å². The third-order valence-corrected chi connectivity index (χ3v) is 7.94. The summed E-state index contributed by atoms with van der Waals surface area (Å²) in [5.41, 5.74) is 2.71. The van der Waals surface area contributed by atoms with E-state index in [9.17, 15) is 13.2 Å². The zero-order valence-electron chi connectivity index (χ0n) is 19.5. The molecule has 0 unspecified atom stereocenters. The van der Waals surface area contributed by atoms with Gasteiger partial charge in [0.25, 0.3) is 10.0 Å². The van der Waals surface area contributed by atoms with Crippen LogP contribution in [-0.2, 0) is 26.0 Å². The van der Waals surface area contributed by atoms with Crippen molar-refractivity contribution in [3.05, 3.63) is 89.1 Å². The number of hydrogen-bond acceptors (Lipinski definition) is 6. The lowest BCUT2D eigenvalue weighted by Crippen LogP contribution is -2.39. The number of aryl methyl sites for hydroxylation is 1. The van der Waals surface area contributed by atoms with Crippen molar-refractivity contribution in [2.45, 2.75) is 31.1 Å². The maximum atomic E-state index is 14.1. The number of rotatable bonds is 6. The van der Waals surface area contributed by atoms with Crippen LogP contribution in [0, 0.1) is 0 Å². The normalized spacial score (nSPS) is 15.7. The Hall–Kier alpha value is -3.78. The van der Waals surface area contributed by atoms with Gasteiger partial charge in [-0.25, -0.2) is 17.5 Å². The van der Waals surface area contributed by atoms with Gasteiger partial charge < -0.3 is 14.2 Å². The number of ether oxygens (including phenoxy) is 3. The number of methoxy groups -OCH3 is 1. The Bertz CT molecular complexity index is 1440. The highest BCUT2D eigenvalue weighted by molar-refractivity contribution is 7.93. The minimum absolute atomic E-state index is 0.0611. The van der Waals surface area contributed by atoms with Gasteiger partial charge in [0, 0.05) is 11.1 Å². The van der Waals surface area contributed by atoms with Gasteiger partial charge in [0.15, 0.2) is 17.2 Å². The number of esters is 1. The molecular formula is C27H25NO6S. The number of sulfonamides is 1. The van der Waals surface area contributed by atoms with E-state index >= 15 is 0 Å². The lowest BCUT2D eigenvalue weighted by Gasteiger charge is -2.34. The predicted molar refractivity (Wildman–Crippen MR) is 132 cm³/mol. The van der Waals surface area contributed by atoms with E-state index in [2.05, 4.69) is 6.92 Å². The maximum absolute atomic E-state index is 14.1. The molecule has 3 aromatic carbocycles. The van der Waals surface area contributed by atoms with Crippen molar-refractivity contribution in [2.24, 2.45) is 0 Å². The van der Waals surface area contributed by atoms with E-state index in [4.69, 9.17) is 14.2 Å². The molecule has 0 saturated carbocycles. The third kappa shape index (κ3) is 3.83. The summed E-state index contributed by atoms with van der Waals surface area (Å²) in [7, 11) is -2.87. The third-order valence-electron chi connectivity index (χ3n) is 6.16. The smallest absolute Gasteiger partial charge is 0.356 e. The molecule has 0 saturated heterocycles. The zero-order valence-corrected chi connectivity index (χ0v) is 20.3. The van der Waals surface area contributed by atoms with E-state index in [1.54, 1.807) is 54.6 Å². The number of para-hydroxylation sites is 1. The first kappa shape index (κ1) is 23.0. The topological polar surface area (TPSA) is 82.1 Å². The molecule has 0 N–H and O–H groups in total. The van der Waals surface area contributed by atoms with Gasteiger partial charge in [0.1, 0.15) is 0 Å². The number of carbonyl (C=O) groups is 1. The second-order valence-corrected chi connectivity index (χ2v) is 10.0. The molecule has 3 aromatic rings. The molecule has 0 atom stereocenters. The maximum Gasteiger partial charge on any atom is 0.356 e. The Labute approximate surface area is 204 Å². The molecule has 0 bridgehead atoms. The van der Waals surface area contributed by atoms with Crippen LogP contribution in [0.15, 0.2) is 77.3 Å². The molecule has 5 rings (SSSR count). The quantitative estimate of drug-likeness (QED) is 0.456. The SMILES string of the molecule is CCCCc1ccccc1N1C(C(=O)OC)=C(c2ccc3c(c2)OCO3)c2ccccc2S1(=O)=O. The average molecular weight is 492 g/mol. The summed E-state index contributed by atoms with van der Waals surface area (Å²) in [5, 5.41) is 0. The monoisotopic (exact) mass is 491 g/mol. The first-order valence-corrected chi connectivity index (χ1v) is 12.9. The van der Waals surface area contributed by atoms with Gasteiger partial charge >= 0.3 is 5.97 Å². The summed E-state index contributed by atoms with van der Waals surface area (Å²) in [5.74, 6) is 0.369. The molecule has 0 radical (unpaired) electrons. The van der Waals surface area contributed by atoms with Gasteiger partial charge in [-0.2, -0.15) is 0 Å². The Kier molecular flexibility index (Phi) is 5.98. The average Bonchev–Trinajstić information content (AvgIpc) is 3.35. The Morgan fingerprint density at radius 2 is 1.74 bits per heavy atom. The van der Waals surface area contributed by atoms with Gasteiger partial charge in [-0.3, -0.25) is 0 Å². The minimum atomic E-state index is -4.12. The van der Waals surface area contributed by atoms with Crippen LogP contribution in [0.4, 0.5) is 5.69 Å². The van der Waals surface area contributed by atoms with Crippen molar-refractivity contribution in [3.8, 4) is 11.5 Å². The van der Waals surface area contributed by atoms with E-state index in [0.717, 1.165) is 22.7 Å². The molecular weight excluding hydrogens is 466 g/mol. The number of fused-ring (bicyclic) bond motifs is 2. The van der Waals surface area contributed by atoms with Crippen molar-refractivity contribution in [1.82, 2.24) is 0 Å². The van der Waals surface area contributed by atoms with Gasteiger partial charge in [-0.05, 0) is 48.2 Å². The molecule has 35 heavy (non-hydrogen) atoms. The zero-order chi connectivity index (χ0) is 24.6. The summed E-state index contributed by atoms with van der Waals surface area (Å²) in [6.07, 6.45) is 2.51. The highest BCUT2D eigenvalue weighted by Crippen LogP contribution is 2.45. The Balaban J connectivity index is 1.85. The molecule has 7 nitrogen and oxygen atoms in total. The second kappa shape index (κ2) is 9.11. The van der Waals surface area contributed by atoms with Crippen LogP contribution < -0.4 is 13.8 Å². The van der Waals surface area contributed by atoms with E-state index in [1.807, 2.05) is 12.1 Å². The van der Waals surface area contributed by atoms with Gasteiger partial charge in [-0.15, -0.1) is 0 Å². The van der Waals surface area contributed by atoms with Gasteiger partial charge in [-0.1, -0.05) is 55.8 Å². The molecule has 2 aliphatic rings. The number of hydrogen-bond donors (Lipinski definition) is 0. The van der Waals surface area contributed by atoms with E-state index in [1.165, 1.54) is 7.11 Å². The molecule has 0 aromatic heterocycles.